The van der Waals surface area contributed by atoms with Crippen LogP contribution in [-0.2, 0) is 0 Å². The van der Waals surface area contributed by atoms with Crippen molar-refractivity contribution >= 4 is 34.8 Å². The topological polar surface area (TPSA) is 23.6 Å². The molecule has 3 rings (SSSR count). The largest absolute Gasteiger partial charge is 0.368 e. The zero-order valence-electron chi connectivity index (χ0n) is 13.9. The molecule has 1 amide bonds. The molecule has 1 fully saturated rings. The summed E-state index contributed by atoms with van der Waals surface area (Å²) < 4.78 is 0. The van der Waals surface area contributed by atoms with E-state index in [0.717, 1.165) is 13.1 Å². The van der Waals surface area contributed by atoms with Crippen LogP contribution < -0.4 is 4.90 Å². The number of carbonyl (C=O) groups excluding carboxylic acids is 1. The second-order valence-corrected chi connectivity index (χ2v) is 7.04. The lowest BCUT2D eigenvalue weighted by Gasteiger charge is -2.37. The summed E-state index contributed by atoms with van der Waals surface area (Å²) in [7, 11) is 0. The Morgan fingerprint density at radius 2 is 1.67 bits per heavy atom. The minimum absolute atomic E-state index is 0.0303. The van der Waals surface area contributed by atoms with Crippen molar-refractivity contribution in [2.45, 2.75) is 13.8 Å². The average Bonchev–Trinajstić information content (AvgIpc) is 2.57. The zero-order valence-corrected chi connectivity index (χ0v) is 15.4. The van der Waals surface area contributed by atoms with E-state index in [1.54, 1.807) is 18.2 Å². The highest BCUT2D eigenvalue weighted by Gasteiger charge is 2.24. The van der Waals surface area contributed by atoms with E-state index in [-0.39, 0.29) is 5.91 Å². The predicted octanol–water partition coefficient (Wildman–Crippen LogP) is 4.57. The number of amides is 1. The molecule has 2 aromatic carbocycles. The Morgan fingerprint density at radius 3 is 2.33 bits per heavy atom. The van der Waals surface area contributed by atoms with E-state index >= 15 is 0 Å². The molecule has 5 heteroatoms. The zero-order chi connectivity index (χ0) is 17.3. The van der Waals surface area contributed by atoms with Gasteiger partial charge in [0, 0.05) is 36.9 Å². The van der Waals surface area contributed by atoms with Gasteiger partial charge in [-0.2, -0.15) is 0 Å². The average molecular weight is 363 g/mol. The summed E-state index contributed by atoms with van der Waals surface area (Å²) in [6.07, 6.45) is 0. The molecule has 126 valence electrons. The molecular formula is C19H20Cl2N2O. The number of benzene rings is 2. The van der Waals surface area contributed by atoms with Crippen LogP contribution >= 0.6 is 23.2 Å². The van der Waals surface area contributed by atoms with Gasteiger partial charge in [0.2, 0.25) is 0 Å². The fourth-order valence-corrected chi connectivity index (χ4v) is 3.53. The molecule has 3 nitrogen and oxygen atoms in total. The highest BCUT2D eigenvalue weighted by atomic mass is 35.5. The van der Waals surface area contributed by atoms with Gasteiger partial charge in [-0.25, -0.2) is 0 Å². The van der Waals surface area contributed by atoms with E-state index in [4.69, 9.17) is 23.2 Å². The molecule has 0 atom stereocenters. The molecule has 24 heavy (non-hydrogen) atoms. The van der Waals surface area contributed by atoms with Crippen LogP contribution in [0.5, 0.6) is 0 Å². The van der Waals surface area contributed by atoms with E-state index < -0.39 is 0 Å². The van der Waals surface area contributed by atoms with Crippen LogP contribution in [0.1, 0.15) is 21.5 Å². The SMILES string of the molecule is Cc1ccc(C)c(N2CCN(C(=O)c3ccc(Cl)cc3Cl)CC2)c1. The van der Waals surface area contributed by atoms with E-state index in [1.807, 2.05) is 4.90 Å². The van der Waals surface area contributed by atoms with E-state index in [0.29, 0.717) is 28.7 Å². The molecule has 0 N–H and O–H groups in total. The number of anilines is 1. The van der Waals surface area contributed by atoms with E-state index in [1.165, 1.54) is 16.8 Å². The molecule has 1 saturated heterocycles. The number of nitrogens with zero attached hydrogens (tertiary/aromatic N) is 2. The van der Waals surface area contributed by atoms with Gasteiger partial charge < -0.3 is 9.80 Å². The number of halogens is 2. The molecule has 0 saturated carbocycles. The summed E-state index contributed by atoms with van der Waals surface area (Å²) in [5.41, 5.74) is 4.29. The van der Waals surface area contributed by atoms with Crippen LogP contribution in [0.25, 0.3) is 0 Å². The fraction of sp³-hybridized carbons (Fsp3) is 0.316. The van der Waals surface area contributed by atoms with Crippen LogP contribution in [0.15, 0.2) is 36.4 Å². The molecule has 2 aromatic rings. The molecule has 1 aliphatic rings. The maximum atomic E-state index is 12.7. The van der Waals surface area contributed by atoms with Gasteiger partial charge >= 0.3 is 0 Å². The molecule has 0 aliphatic carbocycles. The minimum Gasteiger partial charge on any atom is -0.368 e. The standard InChI is InChI=1S/C19H20Cl2N2O/c1-13-3-4-14(2)18(11-13)22-7-9-23(10-8-22)19(24)16-6-5-15(20)12-17(16)21/h3-6,11-12H,7-10H2,1-2H3. The lowest BCUT2D eigenvalue weighted by Crippen LogP contribution is -2.49. The van der Waals surface area contributed by atoms with Gasteiger partial charge in [-0.3, -0.25) is 4.79 Å². The summed E-state index contributed by atoms with van der Waals surface area (Å²) >= 11 is 12.1. The summed E-state index contributed by atoms with van der Waals surface area (Å²) in [6, 6.07) is 11.5. The highest BCUT2D eigenvalue weighted by molar-refractivity contribution is 6.36. The van der Waals surface area contributed by atoms with Gasteiger partial charge in [0.1, 0.15) is 0 Å². The molecular weight excluding hydrogens is 343 g/mol. The third kappa shape index (κ3) is 3.52. The quantitative estimate of drug-likeness (QED) is 0.780. The molecule has 0 aromatic heterocycles. The first-order valence-corrected chi connectivity index (χ1v) is 8.78. The van der Waals surface area contributed by atoms with Crippen molar-refractivity contribution in [2.75, 3.05) is 31.1 Å². The van der Waals surface area contributed by atoms with Gasteiger partial charge in [-0.15, -0.1) is 0 Å². The van der Waals surface area contributed by atoms with Gasteiger partial charge in [-0.05, 0) is 49.2 Å². The maximum absolute atomic E-state index is 12.7. The first-order valence-electron chi connectivity index (χ1n) is 8.02. The minimum atomic E-state index is -0.0303. The van der Waals surface area contributed by atoms with Gasteiger partial charge in [0.05, 0.1) is 10.6 Å². The molecule has 1 aliphatic heterocycles. The normalized spacial score (nSPS) is 14.8. The number of hydrogen-bond donors (Lipinski definition) is 0. The van der Waals surface area contributed by atoms with Crippen molar-refractivity contribution < 1.29 is 4.79 Å². The Hall–Kier alpha value is -1.71. The van der Waals surface area contributed by atoms with Crippen molar-refractivity contribution in [3.8, 4) is 0 Å². The number of rotatable bonds is 2. The van der Waals surface area contributed by atoms with Crippen molar-refractivity contribution in [3.63, 3.8) is 0 Å². The first kappa shape index (κ1) is 17.1. The van der Waals surface area contributed by atoms with Gasteiger partial charge in [0.15, 0.2) is 0 Å². The number of hydrogen-bond acceptors (Lipinski definition) is 2. The third-order valence-corrected chi connectivity index (χ3v) is 4.98. The smallest absolute Gasteiger partial charge is 0.255 e. The van der Waals surface area contributed by atoms with Gasteiger partial charge in [0.25, 0.3) is 5.91 Å². The lowest BCUT2D eigenvalue weighted by molar-refractivity contribution is 0.0747. The van der Waals surface area contributed by atoms with Crippen molar-refractivity contribution in [2.24, 2.45) is 0 Å². The number of carbonyl (C=O) groups is 1. The molecule has 0 unspecified atom stereocenters. The molecule has 0 radical (unpaired) electrons. The number of aryl methyl sites for hydroxylation is 2. The summed E-state index contributed by atoms with van der Waals surface area (Å²) in [6.45, 7) is 7.24. The Morgan fingerprint density at radius 1 is 0.958 bits per heavy atom. The Labute approximate surface area is 152 Å². The fourth-order valence-electron chi connectivity index (χ4n) is 3.04. The van der Waals surface area contributed by atoms with Gasteiger partial charge in [-0.1, -0.05) is 35.3 Å². The van der Waals surface area contributed by atoms with E-state index in [9.17, 15) is 4.79 Å². The maximum Gasteiger partial charge on any atom is 0.255 e. The Kier molecular flexibility index (Phi) is 5.02. The lowest BCUT2D eigenvalue weighted by atomic mass is 10.1. The Bertz CT molecular complexity index is 768. The third-order valence-electron chi connectivity index (χ3n) is 4.43. The first-order chi connectivity index (χ1) is 11.5. The Balaban J connectivity index is 1.70. The van der Waals surface area contributed by atoms with Crippen molar-refractivity contribution in [3.05, 3.63) is 63.1 Å². The molecule has 0 bridgehead atoms. The molecule has 0 spiro atoms. The number of piperazine rings is 1. The van der Waals surface area contributed by atoms with Crippen LogP contribution in [0.2, 0.25) is 10.0 Å². The highest BCUT2D eigenvalue weighted by Crippen LogP contribution is 2.25. The summed E-state index contributed by atoms with van der Waals surface area (Å²) in [5.74, 6) is -0.0303. The van der Waals surface area contributed by atoms with Crippen LogP contribution in [0, 0.1) is 13.8 Å². The summed E-state index contributed by atoms with van der Waals surface area (Å²) in [4.78, 5) is 16.9. The second-order valence-electron chi connectivity index (χ2n) is 6.19. The van der Waals surface area contributed by atoms with E-state index in [2.05, 4.69) is 36.9 Å². The monoisotopic (exact) mass is 362 g/mol. The second kappa shape index (κ2) is 7.04. The van der Waals surface area contributed by atoms with Crippen LogP contribution in [-0.4, -0.2) is 37.0 Å². The van der Waals surface area contributed by atoms with Crippen LogP contribution in [0.4, 0.5) is 5.69 Å². The summed E-state index contributed by atoms with van der Waals surface area (Å²) in [5, 5.41) is 0.945. The molecule has 1 heterocycles. The van der Waals surface area contributed by atoms with Crippen molar-refractivity contribution in [1.82, 2.24) is 4.90 Å². The predicted molar refractivity (Wildman–Crippen MR) is 100 cm³/mol. The van der Waals surface area contributed by atoms with Crippen molar-refractivity contribution in [1.29, 1.82) is 0 Å². The van der Waals surface area contributed by atoms with Crippen LogP contribution in [0.3, 0.4) is 0 Å².